The summed E-state index contributed by atoms with van der Waals surface area (Å²) in [6, 6.07) is 18.9. The molecule has 0 spiro atoms. The summed E-state index contributed by atoms with van der Waals surface area (Å²) in [4.78, 5) is 19.9. The minimum Gasteiger partial charge on any atom is -0.493 e. The average Bonchev–Trinajstić information content (AvgIpc) is 3.00. The second-order valence-electron chi connectivity index (χ2n) is 6.73. The van der Waals surface area contributed by atoms with Crippen LogP contribution in [0.1, 0.15) is 33.1 Å². The van der Waals surface area contributed by atoms with Crippen molar-refractivity contribution in [2.75, 3.05) is 7.11 Å². The van der Waals surface area contributed by atoms with E-state index in [1.54, 1.807) is 12.0 Å². The first kappa shape index (κ1) is 14.6. The topological polar surface area (TPSA) is 51.1 Å². The highest BCUT2D eigenvalue weighted by Crippen LogP contribution is 2.56. The zero-order valence-electron chi connectivity index (χ0n) is 14.5. The van der Waals surface area contributed by atoms with Crippen LogP contribution >= 0.6 is 0 Å². The highest BCUT2D eigenvalue weighted by Gasteiger charge is 2.47. The molecule has 5 nitrogen and oxygen atoms in total. The standard InChI is InChI=1S/C22H14N2O3/c1-26-17-11-10-15-18-19(14-8-4-5-9-16(14)27-20(17)18)24-21(23-15)12-6-2-3-7-13(12)22(24)25/h2-11,19H,1H3. The minimum atomic E-state index is -0.289. The molecule has 27 heavy (non-hydrogen) atoms. The maximum absolute atomic E-state index is 13.3. The highest BCUT2D eigenvalue weighted by molar-refractivity contribution is 6.25. The fraction of sp³-hybridized carbons (Fsp3) is 0.0909. The van der Waals surface area contributed by atoms with Gasteiger partial charge in [0.05, 0.1) is 30.0 Å². The predicted molar refractivity (Wildman–Crippen MR) is 100 cm³/mol. The van der Waals surface area contributed by atoms with Crippen LogP contribution in [0.3, 0.4) is 0 Å². The van der Waals surface area contributed by atoms with Gasteiger partial charge in [-0.2, -0.15) is 0 Å². The van der Waals surface area contributed by atoms with Gasteiger partial charge in [-0.25, -0.2) is 4.99 Å². The number of aliphatic imine (C=N–C) groups is 1. The first-order chi connectivity index (χ1) is 13.3. The van der Waals surface area contributed by atoms with Crippen LogP contribution in [-0.2, 0) is 0 Å². The maximum atomic E-state index is 13.3. The smallest absolute Gasteiger partial charge is 0.261 e. The summed E-state index contributed by atoms with van der Waals surface area (Å²) in [5.41, 5.74) is 4.18. The molecule has 3 aromatic carbocycles. The van der Waals surface area contributed by atoms with Gasteiger partial charge in [-0.15, -0.1) is 0 Å². The summed E-state index contributed by atoms with van der Waals surface area (Å²) in [6.45, 7) is 0. The molecule has 0 saturated carbocycles. The predicted octanol–water partition coefficient (Wildman–Crippen LogP) is 4.44. The van der Waals surface area contributed by atoms with Crippen molar-refractivity contribution in [3.05, 3.63) is 82.9 Å². The van der Waals surface area contributed by atoms with Crippen LogP contribution in [0.15, 0.2) is 65.7 Å². The third-order valence-electron chi connectivity index (χ3n) is 5.39. The number of methoxy groups -OCH3 is 1. The Balaban J connectivity index is 1.70. The van der Waals surface area contributed by atoms with E-state index < -0.39 is 0 Å². The maximum Gasteiger partial charge on any atom is 0.261 e. The van der Waals surface area contributed by atoms with Crippen molar-refractivity contribution >= 4 is 17.4 Å². The van der Waals surface area contributed by atoms with E-state index in [2.05, 4.69) is 0 Å². The van der Waals surface area contributed by atoms with E-state index in [1.807, 2.05) is 60.7 Å². The van der Waals surface area contributed by atoms with Crippen molar-refractivity contribution < 1.29 is 14.3 Å². The molecule has 0 saturated heterocycles. The molecule has 0 radical (unpaired) electrons. The number of amidine groups is 1. The minimum absolute atomic E-state index is 0.0366. The van der Waals surface area contributed by atoms with Crippen molar-refractivity contribution in [3.63, 3.8) is 0 Å². The SMILES string of the molecule is COc1ccc2c3c1Oc1ccccc1C3N1C(=O)c3ccccc3C1=N2. The molecule has 3 heterocycles. The lowest BCUT2D eigenvalue weighted by atomic mass is 9.90. The molecule has 1 amide bonds. The van der Waals surface area contributed by atoms with Gasteiger partial charge < -0.3 is 9.47 Å². The van der Waals surface area contributed by atoms with Crippen LogP contribution in [0.4, 0.5) is 5.69 Å². The Labute approximate surface area is 155 Å². The van der Waals surface area contributed by atoms with Crippen molar-refractivity contribution in [1.82, 2.24) is 4.90 Å². The van der Waals surface area contributed by atoms with E-state index in [-0.39, 0.29) is 11.9 Å². The lowest BCUT2D eigenvalue weighted by Gasteiger charge is -2.38. The van der Waals surface area contributed by atoms with Gasteiger partial charge in [-0.3, -0.25) is 9.69 Å². The fourth-order valence-corrected chi connectivity index (χ4v) is 4.22. The van der Waals surface area contributed by atoms with Crippen molar-refractivity contribution in [2.45, 2.75) is 6.04 Å². The summed E-state index contributed by atoms with van der Waals surface area (Å²) >= 11 is 0. The van der Waals surface area contributed by atoms with Crippen LogP contribution < -0.4 is 9.47 Å². The molecule has 0 bridgehead atoms. The van der Waals surface area contributed by atoms with Gasteiger partial charge in [0.15, 0.2) is 11.5 Å². The summed E-state index contributed by atoms with van der Waals surface area (Å²) in [6.07, 6.45) is 0. The molecular weight excluding hydrogens is 340 g/mol. The molecule has 130 valence electrons. The van der Waals surface area contributed by atoms with E-state index in [0.717, 1.165) is 28.1 Å². The molecule has 0 N–H and O–H groups in total. The van der Waals surface area contributed by atoms with Crippen LogP contribution in [-0.4, -0.2) is 23.8 Å². The van der Waals surface area contributed by atoms with E-state index in [0.29, 0.717) is 22.9 Å². The molecule has 1 unspecified atom stereocenters. The average molecular weight is 354 g/mol. The number of hydrogen-bond acceptors (Lipinski definition) is 4. The van der Waals surface area contributed by atoms with E-state index >= 15 is 0 Å². The van der Waals surface area contributed by atoms with Gasteiger partial charge in [0.1, 0.15) is 11.6 Å². The van der Waals surface area contributed by atoms with Gasteiger partial charge in [0.2, 0.25) is 0 Å². The Morgan fingerprint density at radius 2 is 1.78 bits per heavy atom. The van der Waals surface area contributed by atoms with Crippen molar-refractivity contribution in [1.29, 1.82) is 0 Å². The Morgan fingerprint density at radius 1 is 1.00 bits per heavy atom. The number of fused-ring (bicyclic) bond motifs is 6. The molecule has 3 aliphatic rings. The van der Waals surface area contributed by atoms with E-state index in [1.165, 1.54) is 0 Å². The van der Waals surface area contributed by atoms with E-state index in [4.69, 9.17) is 14.5 Å². The molecule has 0 aliphatic carbocycles. The molecule has 5 heteroatoms. The zero-order chi connectivity index (χ0) is 18.1. The molecule has 1 atom stereocenters. The molecule has 3 aromatic rings. The fourth-order valence-electron chi connectivity index (χ4n) is 4.22. The number of nitrogens with zero attached hydrogens (tertiary/aromatic N) is 2. The van der Waals surface area contributed by atoms with Gasteiger partial charge >= 0.3 is 0 Å². The lowest BCUT2D eigenvalue weighted by Crippen LogP contribution is -2.38. The number of amides is 1. The molecular formula is C22H14N2O3. The van der Waals surface area contributed by atoms with Gasteiger partial charge in [0.25, 0.3) is 5.91 Å². The Hall–Kier alpha value is -3.60. The van der Waals surface area contributed by atoms with Gasteiger partial charge in [0, 0.05) is 11.1 Å². The normalized spacial score (nSPS) is 18.0. The third-order valence-corrected chi connectivity index (χ3v) is 5.39. The monoisotopic (exact) mass is 354 g/mol. The molecule has 3 aliphatic heterocycles. The first-order valence-corrected chi connectivity index (χ1v) is 8.77. The zero-order valence-corrected chi connectivity index (χ0v) is 14.5. The van der Waals surface area contributed by atoms with Crippen LogP contribution in [0.25, 0.3) is 0 Å². The molecule has 6 rings (SSSR count). The van der Waals surface area contributed by atoms with Crippen LogP contribution in [0, 0.1) is 0 Å². The van der Waals surface area contributed by atoms with Crippen LogP contribution in [0.5, 0.6) is 17.2 Å². The highest BCUT2D eigenvalue weighted by atomic mass is 16.5. The van der Waals surface area contributed by atoms with Gasteiger partial charge in [-0.1, -0.05) is 36.4 Å². The number of benzene rings is 3. The molecule has 0 aromatic heterocycles. The van der Waals surface area contributed by atoms with Crippen LogP contribution in [0.2, 0.25) is 0 Å². The third kappa shape index (κ3) is 1.73. The number of rotatable bonds is 1. The second kappa shape index (κ2) is 4.98. The number of ether oxygens (including phenoxy) is 2. The number of carbonyl (C=O) groups is 1. The summed E-state index contributed by atoms with van der Waals surface area (Å²) in [5, 5.41) is 0. The first-order valence-electron chi connectivity index (χ1n) is 8.77. The Morgan fingerprint density at radius 3 is 2.63 bits per heavy atom. The van der Waals surface area contributed by atoms with E-state index in [9.17, 15) is 4.79 Å². The lowest BCUT2D eigenvalue weighted by molar-refractivity contribution is 0.0826. The summed E-state index contributed by atoms with van der Waals surface area (Å²) < 4.78 is 11.7. The Bertz CT molecular complexity index is 1180. The summed E-state index contributed by atoms with van der Waals surface area (Å²) in [7, 11) is 1.62. The quantitative estimate of drug-likeness (QED) is 0.649. The van der Waals surface area contributed by atoms with Crippen molar-refractivity contribution in [3.8, 4) is 17.2 Å². The summed E-state index contributed by atoms with van der Waals surface area (Å²) in [5.74, 6) is 2.66. The molecule has 0 fully saturated rings. The van der Waals surface area contributed by atoms with Crippen molar-refractivity contribution in [2.24, 2.45) is 4.99 Å². The van der Waals surface area contributed by atoms with Gasteiger partial charge in [-0.05, 0) is 24.3 Å². The second-order valence-corrected chi connectivity index (χ2v) is 6.73. The Kier molecular flexibility index (Phi) is 2.68. The largest absolute Gasteiger partial charge is 0.493 e. The number of hydrogen-bond donors (Lipinski definition) is 0. The number of carbonyl (C=O) groups excluding carboxylic acids is 1. The number of para-hydroxylation sites is 1.